The summed E-state index contributed by atoms with van der Waals surface area (Å²) in [5.74, 6) is -4.10. The molecule has 1 heterocycles. The lowest BCUT2D eigenvalue weighted by molar-refractivity contribution is -0.115. The Bertz CT molecular complexity index is 513. The lowest BCUT2D eigenvalue weighted by Gasteiger charge is -2.12. The number of aldehydes is 1. The van der Waals surface area contributed by atoms with Crippen LogP contribution in [0.4, 0.5) is 14.5 Å². The van der Waals surface area contributed by atoms with Crippen LogP contribution >= 0.6 is 0 Å². The number of carbonyl (C=O) groups excluding carboxylic acids is 3. The van der Waals surface area contributed by atoms with Gasteiger partial charge in [0.2, 0.25) is 0 Å². The van der Waals surface area contributed by atoms with E-state index in [1.54, 1.807) is 0 Å². The van der Waals surface area contributed by atoms with Gasteiger partial charge in [-0.15, -0.1) is 0 Å². The smallest absolute Gasteiger partial charge is 0.300 e. The number of carbonyl (C=O) groups is 3. The average molecular weight is 225 g/mol. The third kappa shape index (κ3) is 1.23. The van der Waals surface area contributed by atoms with E-state index in [0.29, 0.717) is 11.2 Å². The number of ketones is 1. The van der Waals surface area contributed by atoms with Crippen molar-refractivity contribution in [3.8, 4) is 0 Å². The third-order valence-corrected chi connectivity index (χ3v) is 2.27. The molecule has 0 spiro atoms. The van der Waals surface area contributed by atoms with Gasteiger partial charge in [-0.05, 0) is 12.1 Å². The summed E-state index contributed by atoms with van der Waals surface area (Å²) < 4.78 is 26.6. The van der Waals surface area contributed by atoms with Crippen LogP contribution in [0.1, 0.15) is 10.4 Å². The molecule has 0 fully saturated rings. The summed E-state index contributed by atoms with van der Waals surface area (Å²) in [6.07, 6.45) is 0.338. The summed E-state index contributed by atoms with van der Waals surface area (Å²) in [5, 5.41) is 0. The molecule has 1 aromatic rings. The maximum absolute atomic E-state index is 13.4. The molecule has 82 valence electrons. The lowest BCUT2D eigenvalue weighted by Crippen LogP contribution is -2.31. The molecule has 4 nitrogen and oxygen atoms in total. The molecule has 0 bridgehead atoms. The fourth-order valence-corrected chi connectivity index (χ4v) is 1.60. The first kappa shape index (κ1) is 10.4. The van der Waals surface area contributed by atoms with Gasteiger partial charge in [0, 0.05) is 0 Å². The number of hydrogen-bond donors (Lipinski definition) is 0. The Morgan fingerprint density at radius 2 is 1.81 bits per heavy atom. The topological polar surface area (TPSA) is 54.5 Å². The van der Waals surface area contributed by atoms with E-state index in [4.69, 9.17) is 0 Å². The molecule has 1 aliphatic rings. The van der Waals surface area contributed by atoms with Crippen LogP contribution in [0, 0.1) is 11.6 Å². The monoisotopic (exact) mass is 225 g/mol. The maximum atomic E-state index is 13.4. The molecule has 1 amide bonds. The SMILES string of the molecule is O=CCN1C(=O)C(=O)c2c(F)ccc(F)c21. The minimum atomic E-state index is -1.13. The number of halogens is 2. The molecule has 16 heavy (non-hydrogen) atoms. The second-order valence-corrected chi connectivity index (χ2v) is 3.16. The number of Topliss-reactive ketones (excluding diaryl/α,β-unsaturated/α-hetero) is 1. The second-order valence-electron chi connectivity index (χ2n) is 3.16. The van der Waals surface area contributed by atoms with E-state index in [2.05, 4.69) is 0 Å². The number of amides is 1. The molecule has 0 N–H and O–H groups in total. The molecule has 0 radical (unpaired) electrons. The van der Waals surface area contributed by atoms with Gasteiger partial charge in [0.25, 0.3) is 11.7 Å². The average Bonchev–Trinajstić information content (AvgIpc) is 2.50. The Morgan fingerprint density at radius 3 is 2.44 bits per heavy atom. The first-order chi connectivity index (χ1) is 7.57. The fourth-order valence-electron chi connectivity index (χ4n) is 1.60. The molecule has 2 rings (SSSR count). The van der Waals surface area contributed by atoms with Gasteiger partial charge in [-0.2, -0.15) is 0 Å². The van der Waals surface area contributed by atoms with Crippen LogP contribution in [-0.4, -0.2) is 24.5 Å². The van der Waals surface area contributed by atoms with Crippen LogP contribution < -0.4 is 4.90 Å². The predicted octanol–water partition coefficient (Wildman–Crippen LogP) is 0.693. The Labute approximate surface area is 88.5 Å². The number of anilines is 1. The van der Waals surface area contributed by atoms with Crippen molar-refractivity contribution in [1.29, 1.82) is 0 Å². The Kier molecular flexibility index (Phi) is 2.26. The fraction of sp³-hybridized carbons (Fsp3) is 0.100. The molecule has 0 saturated carbocycles. The number of rotatable bonds is 2. The third-order valence-electron chi connectivity index (χ3n) is 2.27. The van der Waals surface area contributed by atoms with Crippen molar-refractivity contribution < 1.29 is 23.2 Å². The van der Waals surface area contributed by atoms with Crippen LogP contribution in [0.2, 0.25) is 0 Å². The predicted molar refractivity (Wildman–Crippen MR) is 49.1 cm³/mol. The highest BCUT2D eigenvalue weighted by Crippen LogP contribution is 2.33. The number of hydrogen-bond acceptors (Lipinski definition) is 3. The van der Waals surface area contributed by atoms with E-state index in [9.17, 15) is 23.2 Å². The van der Waals surface area contributed by atoms with E-state index >= 15 is 0 Å². The van der Waals surface area contributed by atoms with Gasteiger partial charge in [0.15, 0.2) is 0 Å². The minimum Gasteiger partial charge on any atom is -0.301 e. The summed E-state index contributed by atoms with van der Waals surface area (Å²) in [4.78, 5) is 33.6. The second kappa shape index (κ2) is 3.48. The molecule has 6 heteroatoms. The summed E-state index contributed by atoms with van der Waals surface area (Å²) in [6, 6.07) is 1.57. The molecular weight excluding hydrogens is 220 g/mol. The lowest BCUT2D eigenvalue weighted by atomic mass is 10.1. The summed E-state index contributed by atoms with van der Waals surface area (Å²) >= 11 is 0. The molecule has 0 aliphatic carbocycles. The van der Waals surface area contributed by atoms with E-state index in [0.717, 1.165) is 12.1 Å². The Hall–Kier alpha value is -2.11. The van der Waals surface area contributed by atoms with Crippen molar-refractivity contribution in [2.75, 3.05) is 11.4 Å². The van der Waals surface area contributed by atoms with E-state index in [-0.39, 0.29) is 0 Å². The van der Waals surface area contributed by atoms with E-state index < -0.39 is 41.1 Å². The van der Waals surface area contributed by atoms with E-state index in [1.807, 2.05) is 0 Å². The Morgan fingerprint density at radius 1 is 1.19 bits per heavy atom. The van der Waals surface area contributed by atoms with Gasteiger partial charge < -0.3 is 4.79 Å². The van der Waals surface area contributed by atoms with Crippen molar-refractivity contribution in [2.45, 2.75) is 0 Å². The molecule has 1 aromatic carbocycles. The van der Waals surface area contributed by atoms with Gasteiger partial charge >= 0.3 is 0 Å². The van der Waals surface area contributed by atoms with Crippen molar-refractivity contribution in [3.63, 3.8) is 0 Å². The summed E-state index contributed by atoms with van der Waals surface area (Å²) in [6.45, 7) is -0.474. The molecule has 0 aromatic heterocycles. The van der Waals surface area contributed by atoms with Gasteiger partial charge in [-0.1, -0.05) is 0 Å². The zero-order valence-corrected chi connectivity index (χ0v) is 7.87. The normalized spacial score (nSPS) is 14.2. The standard InChI is InChI=1S/C10H5F2NO3/c11-5-1-2-6(12)8-7(5)9(15)10(16)13(8)3-4-14/h1-2,4H,3H2. The van der Waals surface area contributed by atoms with Gasteiger partial charge in [0.1, 0.15) is 17.9 Å². The van der Waals surface area contributed by atoms with Gasteiger partial charge in [0.05, 0.1) is 17.8 Å². The Balaban J connectivity index is 2.69. The summed E-state index contributed by atoms with van der Waals surface area (Å²) in [5.41, 5.74) is -1.06. The van der Waals surface area contributed by atoms with Crippen molar-refractivity contribution in [1.82, 2.24) is 0 Å². The molecule has 0 unspecified atom stereocenters. The highest BCUT2D eigenvalue weighted by molar-refractivity contribution is 6.52. The molecule has 1 aliphatic heterocycles. The molecule has 0 atom stereocenters. The van der Waals surface area contributed by atoms with Crippen LogP contribution in [0.25, 0.3) is 0 Å². The highest BCUT2D eigenvalue weighted by atomic mass is 19.1. The zero-order valence-electron chi connectivity index (χ0n) is 7.87. The number of benzene rings is 1. The quantitative estimate of drug-likeness (QED) is 0.549. The molecule has 0 saturated heterocycles. The number of fused-ring (bicyclic) bond motifs is 1. The van der Waals surface area contributed by atoms with Crippen LogP contribution in [0.5, 0.6) is 0 Å². The highest BCUT2D eigenvalue weighted by Gasteiger charge is 2.40. The zero-order chi connectivity index (χ0) is 11.9. The van der Waals surface area contributed by atoms with E-state index in [1.165, 1.54) is 0 Å². The first-order valence-electron chi connectivity index (χ1n) is 4.35. The van der Waals surface area contributed by atoms with Crippen LogP contribution in [0.15, 0.2) is 12.1 Å². The van der Waals surface area contributed by atoms with Crippen molar-refractivity contribution >= 4 is 23.7 Å². The van der Waals surface area contributed by atoms with Gasteiger partial charge in [-0.25, -0.2) is 8.78 Å². The first-order valence-corrected chi connectivity index (χ1v) is 4.35. The summed E-state index contributed by atoms with van der Waals surface area (Å²) in [7, 11) is 0. The van der Waals surface area contributed by atoms with Crippen molar-refractivity contribution in [3.05, 3.63) is 29.3 Å². The van der Waals surface area contributed by atoms with Crippen LogP contribution in [-0.2, 0) is 9.59 Å². The largest absolute Gasteiger partial charge is 0.301 e. The maximum Gasteiger partial charge on any atom is 0.300 e. The van der Waals surface area contributed by atoms with Gasteiger partial charge in [-0.3, -0.25) is 14.5 Å². The molecular formula is C10H5F2NO3. The van der Waals surface area contributed by atoms with Crippen molar-refractivity contribution in [2.24, 2.45) is 0 Å². The van der Waals surface area contributed by atoms with Crippen LogP contribution in [0.3, 0.4) is 0 Å². The minimum absolute atomic E-state index is 0.338. The number of nitrogens with zero attached hydrogens (tertiary/aromatic N) is 1.